The van der Waals surface area contributed by atoms with E-state index in [-0.39, 0.29) is 12.5 Å². The Morgan fingerprint density at radius 2 is 1.86 bits per heavy atom. The minimum Gasteiger partial charge on any atom is -0.396 e. The van der Waals surface area contributed by atoms with E-state index in [9.17, 15) is 4.79 Å². The van der Waals surface area contributed by atoms with Crippen LogP contribution in [-0.4, -0.2) is 60.1 Å². The van der Waals surface area contributed by atoms with Gasteiger partial charge in [-0.15, -0.1) is 0 Å². The monoisotopic (exact) mass is 331 g/mol. The van der Waals surface area contributed by atoms with Crippen LogP contribution < -0.4 is 5.73 Å². The van der Waals surface area contributed by atoms with Gasteiger partial charge in [-0.25, -0.2) is 0 Å². The van der Waals surface area contributed by atoms with Crippen LogP contribution in [0.5, 0.6) is 0 Å². The van der Waals surface area contributed by atoms with E-state index in [1.54, 1.807) is 17.0 Å². The second-order valence-corrected chi connectivity index (χ2v) is 5.88. The summed E-state index contributed by atoms with van der Waals surface area (Å²) in [6.07, 6.45) is 0.877. The summed E-state index contributed by atoms with van der Waals surface area (Å²) < 4.78 is 0. The minimum absolute atomic E-state index is 0.0929. The maximum absolute atomic E-state index is 12.5. The predicted molar refractivity (Wildman–Crippen MR) is 84.9 cm³/mol. The number of amides is 1. The van der Waals surface area contributed by atoms with Gasteiger partial charge in [-0.2, -0.15) is 0 Å². The fourth-order valence-electron chi connectivity index (χ4n) is 2.43. The molecule has 0 spiro atoms. The molecular formula is C14H19Cl2N3O2. The molecule has 5 nitrogen and oxygen atoms in total. The molecule has 0 radical (unpaired) electrons. The van der Waals surface area contributed by atoms with Gasteiger partial charge in [0.15, 0.2) is 0 Å². The van der Waals surface area contributed by atoms with Crippen molar-refractivity contribution in [2.24, 2.45) is 0 Å². The molecule has 1 aliphatic rings. The molecule has 0 unspecified atom stereocenters. The fraction of sp³-hybridized carbons (Fsp3) is 0.500. The van der Waals surface area contributed by atoms with Crippen molar-refractivity contribution in [3.8, 4) is 0 Å². The lowest BCUT2D eigenvalue weighted by molar-refractivity contribution is 0.0760. The molecular weight excluding hydrogens is 313 g/mol. The fourth-order valence-corrected chi connectivity index (χ4v) is 2.92. The van der Waals surface area contributed by atoms with Crippen molar-refractivity contribution >= 4 is 34.8 Å². The highest BCUT2D eigenvalue weighted by atomic mass is 35.5. The molecule has 116 valence electrons. The lowest BCUT2D eigenvalue weighted by atomic mass is 10.1. The summed E-state index contributed by atoms with van der Waals surface area (Å²) in [5, 5.41) is 9.58. The molecule has 1 aliphatic heterocycles. The van der Waals surface area contributed by atoms with Gasteiger partial charge < -0.3 is 15.7 Å². The van der Waals surface area contributed by atoms with E-state index in [1.165, 1.54) is 0 Å². The summed E-state index contributed by atoms with van der Waals surface area (Å²) in [7, 11) is 0. The second kappa shape index (κ2) is 7.31. The van der Waals surface area contributed by atoms with Crippen LogP contribution in [0.4, 0.5) is 5.69 Å². The SMILES string of the molecule is Nc1c(Cl)cc(C(=O)N2CCCN(CCO)CC2)cc1Cl. The van der Waals surface area contributed by atoms with Crippen molar-refractivity contribution in [3.63, 3.8) is 0 Å². The highest BCUT2D eigenvalue weighted by molar-refractivity contribution is 6.39. The van der Waals surface area contributed by atoms with Gasteiger partial charge >= 0.3 is 0 Å². The van der Waals surface area contributed by atoms with E-state index >= 15 is 0 Å². The Labute approximate surface area is 134 Å². The van der Waals surface area contributed by atoms with Crippen LogP contribution in [0.2, 0.25) is 10.0 Å². The quantitative estimate of drug-likeness (QED) is 0.827. The van der Waals surface area contributed by atoms with Gasteiger partial charge in [-0.05, 0) is 25.1 Å². The van der Waals surface area contributed by atoms with Gasteiger partial charge in [0.05, 0.1) is 22.3 Å². The number of halogens is 2. The molecule has 1 heterocycles. The Hall–Kier alpha value is -1.01. The lowest BCUT2D eigenvalue weighted by Crippen LogP contribution is -2.35. The predicted octanol–water partition coefficient (Wildman–Crippen LogP) is 1.72. The highest BCUT2D eigenvalue weighted by Crippen LogP contribution is 2.29. The largest absolute Gasteiger partial charge is 0.396 e. The van der Waals surface area contributed by atoms with Crippen molar-refractivity contribution < 1.29 is 9.90 Å². The number of hydrogen-bond donors (Lipinski definition) is 2. The number of β-amino-alcohol motifs (C(OH)–C–C–N with tert-alkyl or cyclic N) is 1. The van der Waals surface area contributed by atoms with Gasteiger partial charge in [-0.3, -0.25) is 9.69 Å². The topological polar surface area (TPSA) is 69.8 Å². The molecule has 0 bridgehead atoms. The van der Waals surface area contributed by atoms with Gasteiger partial charge in [-0.1, -0.05) is 23.2 Å². The second-order valence-electron chi connectivity index (χ2n) is 5.06. The third kappa shape index (κ3) is 4.01. The van der Waals surface area contributed by atoms with Crippen LogP contribution in [0, 0.1) is 0 Å². The smallest absolute Gasteiger partial charge is 0.254 e. The van der Waals surface area contributed by atoms with E-state index < -0.39 is 0 Å². The Balaban J connectivity index is 2.09. The summed E-state index contributed by atoms with van der Waals surface area (Å²) in [5.74, 6) is -0.0929. The first-order valence-electron chi connectivity index (χ1n) is 6.90. The van der Waals surface area contributed by atoms with Gasteiger partial charge in [0, 0.05) is 31.7 Å². The molecule has 21 heavy (non-hydrogen) atoms. The van der Waals surface area contributed by atoms with Gasteiger partial charge in [0.1, 0.15) is 0 Å². The highest BCUT2D eigenvalue weighted by Gasteiger charge is 2.21. The van der Waals surface area contributed by atoms with Crippen LogP contribution in [0.15, 0.2) is 12.1 Å². The van der Waals surface area contributed by atoms with Crippen molar-refractivity contribution in [1.29, 1.82) is 0 Å². The van der Waals surface area contributed by atoms with Crippen LogP contribution in [0.1, 0.15) is 16.8 Å². The zero-order valence-corrected chi connectivity index (χ0v) is 13.2. The zero-order valence-electron chi connectivity index (χ0n) is 11.7. The number of carbonyl (C=O) groups is 1. The van der Waals surface area contributed by atoms with E-state index in [4.69, 9.17) is 34.0 Å². The number of benzene rings is 1. The van der Waals surface area contributed by atoms with Crippen molar-refractivity contribution in [3.05, 3.63) is 27.7 Å². The maximum Gasteiger partial charge on any atom is 0.254 e. The van der Waals surface area contributed by atoms with Gasteiger partial charge in [0.25, 0.3) is 5.91 Å². The van der Waals surface area contributed by atoms with Crippen LogP contribution in [-0.2, 0) is 0 Å². The van der Waals surface area contributed by atoms with Crippen molar-refractivity contribution in [2.45, 2.75) is 6.42 Å². The third-order valence-electron chi connectivity index (χ3n) is 3.62. The van der Waals surface area contributed by atoms with Crippen LogP contribution in [0.3, 0.4) is 0 Å². The molecule has 1 aromatic carbocycles. The van der Waals surface area contributed by atoms with E-state index in [1.807, 2.05) is 0 Å². The zero-order chi connectivity index (χ0) is 15.4. The Morgan fingerprint density at radius 3 is 2.48 bits per heavy atom. The molecule has 1 saturated heterocycles. The van der Waals surface area contributed by atoms with Crippen molar-refractivity contribution in [1.82, 2.24) is 9.80 Å². The number of nitrogens with zero attached hydrogens (tertiary/aromatic N) is 2. The number of nitrogens with two attached hydrogens (primary N) is 1. The Morgan fingerprint density at radius 1 is 1.19 bits per heavy atom. The number of carbonyl (C=O) groups excluding carboxylic acids is 1. The number of rotatable bonds is 3. The number of hydrogen-bond acceptors (Lipinski definition) is 4. The molecule has 0 atom stereocenters. The van der Waals surface area contributed by atoms with E-state index in [0.29, 0.717) is 40.9 Å². The normalized spacial score (nSPS) is 16.8. The molecule has 3 N–H and O–H groups in total. The summed E-state index contributed by atoms with van der Waals surface area (Å²) in [6.45, 7) is 3.72. The van der Waals surface area contributed by atoms with Crippen LogP contribution in [0.25, 0.3) is 0 Å². The molecule has 2 rings (SSSR count). The molecule has 0 aliphatic carbocycles. The van der Waals surface area contributed by atoms with E-state index in [2.05, 4.69) is 4.90 Å². The van der Waals surface area contributed by atoms with Gasteiger partial charge in [0.2, 0.25) is 0 Å². The first-order valence-corrected chi connectivity index (χ1v) is 7.65. The maximum atomic E-state index is 12.5. The standard InChI is InChI=1S/C14H19Cl2N3O2/c15-11-8-10(9-12(16)13(11)17)14(21)19-3-1-2-18(4-5-19)6-7-20/h8-9,20H,1-7,17H2. The summed E-state index contributed by atoms with van der Waals surface area (Å²) >= 11 is 12.0. The van der Waals surface area contributed by atoms with E-state index in [0.717, 1.165) is 19.5 Å². The van der Waals surface area contributed by atoms with Crippen molar-refractivity contribution in [2.75, 3.05) is 45.1 Å². The number of aliphatic hydroxyl groups excluding tert-OH is 1. The summed E-state index contributed by atoms with van der Waals surface area (Å²) in [5.41, 5.74) is 6.43. The first kappa shape index (κ1) is 16.4. The Kier molecular flexibility index (Phi) is 5.70. The first-order chi connectivity index (χ1) is 10.0. The molecule has 1 amide bonds. The Bertz CT molecular complexity index is 502. The lowest BCUT2D eigenvalue weighted by Gasteiger charge is -2.22. The minimum atomic E-state index is -0.0929. The average molecular weight is 332 g/mol. The molecule has 1 aromatic rings. The average Bonchev–Trinajstić information content (AvgIpc) is 2.69. The summed E-state index contributed by atoms with van der Waals surface area (Å²) in [4.78, 5) is 16.5. The van der Waals surface area contributed by atoms with Crippen LogP contribution >= 0.6 is 23.2 Å². The summed E-state index contributed by atoms with van der Waals surface area (Å²) in [6, 6.07) is 3.11. The molecule has 0 aromatic heterocycles. The third-order valence-corrected chi connectivity index (χ3v) is 4.24. The molecule has 7 heteroatoms. The number of aliphatic hydroxyl groups is 1. The molecule has 1 fully saturated rings. The number of anilines is 1. The molecule has 0 saturated carbocycles. The number of nitrogen functional groups attached to an aromatic ring is 1.